The van der Waals surface area contributed by atoms with E-state index in [-0.39, 0.29) is 11.9 Å². The van der Waals surface area contributed by atoms with Gasteiger partial charge in [-0.1, -0.05) is 12.1 Å². The van der Waals surface area contributed by atoms with Crippen LogP contribution in [0.15, 0.2) is 48.8 Å². The van der Waals surface area contributed by atoms with Crippen molar-refractivity contribution in [1.82, 2.24) is 14.6 Å². The molecule has 1 aliphatic heterocycles. The minimum absolute atomic E-state index is 0.182. The highest BCUT2D eigenvalue weighted by atomic mass is 19.1. The van der Waals surface area contributed by atoms with Gasteiger partial charge in [0.05, 0.1) is 12.2 Å². The van der Waals surface area contributed by atoms with Crippen molar-refractivity contribution in [1.29, 1.82) is 0 Å². The monoisotopic (exact) mass is 282 g/mol. The van der Waals surface area contributed by atoms with Crippen LogP contribution in [-0.4, -0.2) is 21.1 Å². The van der Waals surface area contributed by atoms with Crippen LogP contribution in [0.4, 0.5) is 10.2 Å². The van der Waals surface area contributed by atoms with E-state index in [0.29, 0.717) is 0 Å². The molecule has 2 aromatic heterocycles. The Kier molecular flexibility index (Phi) is 2.84. The zero-order valence-corrected chi connectivity index (χ0v) is 11.5. The van der Waals surface area contributed by atoms with Crippen LogP contribution in [0.1, 0.15) is 24.4 Å². The first kappa shape index (κ1) is 12.3. The molecular weight excluding hydrogens is 267 g/mol. The first-order valence-electron chi connectivity index (χ1n) is 7.14. The number of hydrogen-bond donors (Lipinski definition) is 0. The first-order valence-corrected chi connectivity index (χ1v) is 7.14. The summed E-state index contributed by atoms with van der Waals surface area (Å²) in [6, 6.07) is 10.9. The van der Waals surface area contributed by atoms with Gasteiger partial charge in [-0.2, -0.15) is 5.10 Å². The lowest BCUT2D eigenvalue weighted by Crippen LogP contribution is -2.23. The van der Waals surface area contributed by atoms with Gasteiger partial charge in [-0.05, 0) is 36.6 Å². The molecule has 0 bridgehead atoms. The van der Waals surface area contributed by atoms with E-state index in [1.54, 1.807) is 22.8 Å². The predicted molar refractivity (Wildman–Crippen MR) is 78.7 cm³/mol. The third-order valence-corrected chi connectivity index (χ3v) is 4.02. The van der Waals surface area contributed by atoms with Crippen molar-refractivity contribution >= 4 is 11.5 Å². The predicted octanol–water partition coefficient (Wildman–Crippen LogP) is 3.21. The van der Waals surface area contributed by atoms with Crippen LogP contribution < -0.4 is 4.90 Å². The lowest BCUT2D eigenvalue weighted by atomic mass is 10.0. The van der Waals surface area contributed by atoms with Crippen molar-refractivity contribution in [2.75, 3.05) is 11.4 Å². The van der Waals surface area contributed by atoms with E-state index >= 15 is 0 Å². The average Bonchev–Trinajstić information content (AvgIpc) is 3.15. The van der Waals surface area contributed by atoms with Crippen molar-refractivity contribution in [3.8, 4) is 0 Å². The fourth-order valence-electron chi connectivity index (χ4n) is 3.06. The Labute approximate surface area is 121 Å². The second-order valence-electron chi connectivity index (χ2n) is 5.33. The maximum atomic E-state index is 13.5. The van der Waals surface area contributed by atoms with Crippen LogP contribution in [-0.2, 0) is 0 Å². The highest BCUT2D eigenvalue weighted by Crippen LogP contribution is 2.35. The Balaban J connectivity index is 1.72. The third kappa shape index (κ3) is 2.14. The van der Waals surface area contributed by atoms with Gasteiger partial charge in [-0.25, -0.2) is 13.9 Å². The minimum atomic E-state index is -0.182. The highest BCUT2D eigenvalue weighted by molar-refractivity contribution is 5.50. The van der Waals surface area contributed by atoms with Crippen molar-refractivity contribution in [3.05, 3.63) is 60.2 Å². The average molecular weight is 282 g/mol. The summed E-state index contributed by atoms with van der Waals surface area (Å²) in [5.74, 6) is 0.744. The number of fused-ring (bicyclic) bond motifs is 1. The van der Waals surface area contributed by atoms with Gasteiger partial charge in [-0.15, -0.1) is 0 Å². The van der Waals surface area contributed by atoms with E-state index in [1.807, 2.05) is 24.4 Å². The molecule has 0 N–H and O–H groups in total. The summed E-state index contributed by atoms with van der Waals surface area (Å²) < 4.78 is 15.2. The zero-order chi connectivity index (χ0) is 14.2. The summed E-state index contributed by atoms with van der Waals surface area (Å²) in [7, 11) is 0. The van der Waals surface area contributed by atoms with Gasteiger partial charge in [0, 0.05) is 18.8 Å². The third-order valence-electron chi connectivity index (χ3n) is 4.02. The zero-order valence-electron chi connectivity index (χ0n) is 11.5. The van der Waals surface area contributed by atoms with Crippen LogP contribution in [0, 0.1) is 5.82 Å². The van der Waals surface area contributed by atoms with Gasteiger partial charge < -0.3 is 4.90 Å². The van der Waals surface area contributed by atoms with Crippen molar-refractivity contribution in [2.24, 2.45) is 0 Å². The van der Waals surface area contributed by atoms with E-state index in [1.165, 1.54) is 6.07 Å². The van der Waals surface area contributed by atoms with Crippen LogP contribution in [0.2, 0.25) is 0 Å². The van der Waals surface area contributed by atoms with E-state index < -0.39 is 0 Å². The molecule has 3 heterocycles. The summed E-state index contributed by atoms with van der Waals surface area (Å²) in [5.41, 5.74) is 1.85. The molecule has 0 radical (unpaired) electrons. The molecule has 5 heteroatoms. The summed E-state index contributed by atoms with van der Waals surface area (Å²) in [6.07, 6.45) is 5.77. The summed E-state index contributed by atoms with van der Waals surface area (Å²) in [4.78, 5) is 6.90. The van der Waals surface area contributed by atoms with Crippen molar-refractivity contribution in [3.63, 3.8) is 0 Å². The molecule has 1 aromatic carbocycles. The molecule has 0 amide bonds. The Bertz CT molecular complexity index is 783. The molecule has 4 rings (SSSR count). The van der Waals surface area contributed by atoms with Crippen molar-refractivity contribution in [2.45, 2.75) is 18.9 Å². The maximum Gasteiger partial charge on any atom is 0.157 e. The first-order chi connectivity index (χ1) is 10.3. The number of benzene rings is 1. The molecule has 1 aliphatic rings. The topological polar surface area (TPSA) is 33.4 Å². The molecule has 1 atom stereocenters. The smallest absolute Gasteiger partial charge is 0.157 e. The molecule has 4 nitrogen and oxygen atoms in total. The number of rotatable bonds is 2. The highest BCUT2D eigenvalue weighted by Gasteiger charge is 2.27. The lowest BCUT2D eigenvalue weighted by molar-refractivity contribution is 0.618. The molecule has 0 unspecified atom stereocenters. The van der Waals surface area contributed by atoms with Crippen LogP contribution in [0.3, 0.4) is 0 Å². The summed E-state index contributed by atoms with van der Waals surface area (Å²) in [5, 5.41) is 4.16. The Morgan fingerprint density at radius 3 is 3.05 bits per heavy atom. The second kappa shape index (κ2) is 4.84. The molecule has 0 saturated carbocycles. The van der Waals surface area contributed by atoms with Gasteiger partial charge in [0.25, 0.3) is 0 Å². The van der Waals surface area contributed by atoms with Crippen molar-refractivity contribution < 1.29 is 4.39 Å². The fourth-order valence-corrected chi connectivity index (χ4v) is 3.06. The molecule has 21 heavy (non-hydrogen) atoms. The normalized spacial score (nSPS) is 18.5. The number of anilines is 1. The van der Waals surface area contributed by atoms with E-state index in [2.05, 4.69) is 15.0 Å². The number of nitrogens with zero attached hydrogens (tertiary/aromatic N) is 4. The summed E-state index contributed by atoms with van der Waals surface area (Å²) >= 11 is 0. The lowest BCUT2D eigenvalue weighted by Gasteiger charge is -2.26. The Morgan fingerprint density at radius 2 is 2.14 bits per heavy atom. The number of hydrogen-bond acceptors (Lipinski definition) is 3. The molecule has 1 saturated heterocycles. The summed E-state index contributed by atoms with van der Waals surface area (Å²) in [6.45, 7) is 0.943. The van der Waals surface area contributed by atoms with Gasteiger partial charge in [-0.3, -0.25) is 0 Å². The minimum Gasteiger partial charge on any atom is -0.349 e. The van der Waals surface area contributed by atoms with Crippen LogP contribution in [0.5, 0.6) is 0 Å². The molecule has 0 aliphatic carbocycles. The Hall–Kier alpha value is -2.43. The van der Waals surface area contributed by atoms with Crippen LogP contribution >= 0.6 is 0 Å². The molecule has 106 valence electrons. The molecular formula is C16H15FN4. The SMILES string of the molecule is Fc1cccc([C@H]2CCCN2c2ccn3nccc3n2)c1. The van der Waals surface area contributed by atoms with E-state index in [4.69, 9.17) is 0 Å². The second-order valence-corrected chi connectivity index (χ2v) is 5.33. The molecule has 1 fully saturated rings. The Morgan fingerprint density at radius 1 is 1.19 bits per heavy atom. The largest absolute Gasteiger partial charge is 0.349 e. The van der Waals surface area contributed by atoms with Gasteiger partial charge >= 0.3 is 0 Å². The molecule has 0 spiro atoms. The maximum absolute atomic E-state index is 13.5. The van der Waals surface area contributed by atoms with Crippen LogP contribution in [0.25, 0.3) is 5.65 Å². The number of halogens is 1. The quantitative estimate of drug-likeness (QED) is 0.723. The molecule has 3 aromatic rings. The van der Waals surface area contributed by atoms with Gasteiger partial charge in [0.1, 0.15) is 11.6 Å². The van der Waals surface area contributed by atoms with E-state index in [0.717, 1.165) is 36.4 Å². The standard InChI is InChI=1S/C16H15FN4/c17-13-4-1-3-12(11-13)14-5-2-9-20(14)15-7-10-21-16(19-15)6-8-18-21/h1,3-4,6-8,10-11,14H,2,5,9H2/t14-/m1/s1. The van der Waals surface area contributed by atoms with Gasteiger partial charge in [0.15, 0.2) is 5.65 Å². The van der Waals surface area contributed by atoms with E-state index in [9.17, 15) is 4.39 Å². The van der Waals surface area contributed by atoms with Gasteiger partial charge in [0.2, 0.25) is 0 Å². The fraction of sp³-hybridized carbons (Fsp3) is 0.250. The number of aromatic nitrogens is 3.